The molecule has 0 spiro atoms. The van der Waals surface area contributed by atoms with E-state index in [-0.39, 0.29) is 30.5 Å². The zero-order valence-corrected chi connectivity index (χ0v) is 12.4. The first-order chi connectivity index (χ1) is 10.1. The van der Waals surface area contributed by atoms with Crippen LogP contribution in [-0.4, -0.2) is 65.3 Å². The van der Waals surface area contributed by atoms with Gasteiger partial charge in [0.15, 0.2) is 0 Å². The molecule has 0 aromatic heterocycles. The second kappa shape index (κ2) is 6.22. The number of carboxylic acid groups (broad SMARTS) is 1. The van der Waals surface area contributed by atoms with E-state index in [1.807, 2.05) is 9.80 Å². The van der Waals surface area contributed by atoms with Crippen molar-refractivity contribution in [1.29, 1.82) is 0 Å². The molecule has 2 saturated heterocycles. The lowest BCUT2D eigenvalue weighted by Crippen LogP contribution is -2.56. The molecule has 0 aromatic carbocycles. The van der Waals surface area contributed by atoms with Crippen molar-refractivity contribution in [2.24, 2.45) is 5.92 Å². The summed E-state index contributed by atoms with van der Waals surface area (Å²) in [6.45, 7) is 2.70. The van der Waals surface area contributed by atoms with Gasteiger partial charge >= 0.3 is 12.0 Å². The summed E-state index contributed by atoms with van der Waals surface area (Å²) in [5.74, 6) is -0.516. The average Bonchev–Trinajstić information content (AvgIpc) is 2.95. The molecule has 2 unspecified atom stereocenters. The highest BCUT2D eigenvalue weighted by atomic mass is 16.5. The molecule has 1 N–H and O–H groups in total. The van der Waals surface area contributed by atoms with Crippen molar-refractivity contribution in [2.45, 2.75) is 50.7 Å². The van der Waals surface area contributed by atoms with Crippen molar-refractivity contribution < 1.29 is 19.4 Å². The highest BCUT2D eigenvalue weighted by Gasteiger charge is 2.40. The van der Waals surface area contributed by atoms with Gasteiger partial charge in [-0.2, -0.15) is 0 Å². The molecule has 2 amide bonds. The molecule has 1 aliphatic carbocycles. The number of carbonyl (C=O) groups is 2. The van der Waals surface area contributed by atoms with E-state index in [9.17, 15) is 9.59 Å². The molecule has 2 atom stereocenters. The smallest absolute Gasteiger partial charge is 0.320 e. The number of morpholine rings is 1. The standard InChI is InChI=1S/C15H24N2O4/c18-14(19)10-11-4-6-16(7-5-11)15(20)17-8-9-21-13-3-1-2-12(13)17/h11-13H,1-10H2,(H,18,19). The molecule has 2 heterocycles. The molecule has 0 bridgehead atoms. The lowest BCUT2D eigenvalue weighted by atomic mass is 9.94. The molecule has 0 aromatic rings. The number of piperidine rings is 1. The van der Waals surface area contributed by atoms with Gasteiger partial charge in [-0.25, -0.2) is 4.79 Å². The normalized spacial score (nSPS) is 30.3. The van der Waals surface area contributed by atoms with Crippen LogP contribution in [0.15, 0.2) is 0 Å². The SMILES string of the molecule is O=C(O)CC1CCN(C(=O)N2CCOC3CCCC32)CC1. The van der Waals surface area contributed by atoms with E-state index >= 15 is 0 Å². The van der Waals surface area contributed by atoms with Crippen LogP contribution in [0.1, 0.15) is 38.5 Å². The van der Waals surface area contributed by atoms with Gasteiger partial charge in [0.2, 0.25) is 0 Å². The summed E-state index contributed by atoms with van der Waals surface area (Å²) in [7, 11) is 0. The zero-order chi connectivity index (χ0) is 14.8. The van der Waals surface area contributed by atoms with Gasteiger partial charge in [-0.1, -0.05) is 0 Å². The Morgan fingerprint density at radius 2 is 1.86 bits per heavy atom. The number of urea groups is 1. The Morgan fingerprint density at radius 3 is 2.57 bits per heavy atom. The highest BCUT2D eigenvalue weighted by molar-refractivity contribution is 5.75. The summed E-state index contributed by atoms with van der Waals surface area (Å²) in [5.41, 5.74) is 0. The van der Waals surface area contributed by atoms with Crippen molar-refractivity contribution in [1.82, 2.24) is 9.80 Å². The van der Waals surface area contributed by atoms with Gasteiger partial charge in [-0.15, -0.1) is 0 Å². The van der Waals surface area contributed by atoms with Crippen molar-refractivity contribution in [3.05, 3.63) is 0 Å². The first-order valence-electron chi connectivity index (χ1n) is 8.04. The maximum absolute atomic E-state index is 12.7. The minimum atomic E-state index is -0.734. The summed E-state index contributed by atoms with van der Waals surface area (Å²) in [6, 6.07) is 0.381. The van der Waals surface area contributed by atoms with Crippen LogP contribution >= 0.6 is 0 Å². The monoisotopic (exact) mass is 296 g/mol. The Bertz CT molecular complexity index is 406. The van der Waals surface area contributed by atoms with Gasteiger partial charge in [0.1, 0.15) is 0 Å². The van der Waals surface area contributed by atoms with Crippen molar-refractivity contribution >= 4 is 12.0 Å². The van der Waals surface area contributed by atoms with E-state index in [1.165, 1.54) is 0 Å². The molecule has 6 heteroatoms. The summed E-state index contributed by atoms with van der Waals surface area (Å²) in [5, 5.41) is 8.84. The van der Waals surface area contributed by atoms with Gasteiger partial charge in [0, 0.05) is 26.1 Å². The largest absolute Gasteiger partial charge is 0.481 e. The number of nitrogens with zero attached hydrogens (tertiary/aromatic N) is 2. The van der Waals surface area contributed by atoms with Crippen LogP contribution in [0.25, 0.3) is 0 Å². The second-order valence-corrected chi connectivity index (χ2v) is 6.41. The Balaban J connectivity index is 1.55. The number of carboxylic acids is 1. The van der Waals surface area contributed by atoms with Crippen LogP contribution in [0.4, 0.5) is 4.79 Å². The van der Waals surface area contributed by atoms with Crippen LogP contribution in [-0.2, 0) is 9.53 Å². The molecule has 3 aliphatic rings. The van der Waals surface area contributed by atoms with Gasteiger partial charge < -0.3 is 19.6 Å². The quantitative estimate of drug-likeness (QED) is 0.839. The third-order valence-corrected chi connectivity index (χ3v) is 5.08. The predicted molar refractivity (Wildman–Crippen MR) is 76.0 cm³/mol. The van der Waals surface area contributed by atoms with Crippen LogP contribution in [0.2, 0.25) is 0 Å². The lowest BCUT2D eigenvalue weighted by Gasteiger charge is -2.42. The fraction of sp³-hybridized carbons (Fsp3) is 0.867. The fourth-order valence-corrected chi connectivity index (χ4v) is 3.92. The van der Waals surface area contributed by atoms with E-state index in [0.29, 0.717) is 26.2 Å². The summed E-state index contributed by atoms with van der Waals surface area (Å²) < 4.78 is 5.75. The molecule has 2 aliphatic heterocycles. The van der Waals surface area contributed by atoms with Gasteiger partial charge in [-0.05, 0) is 38.0 Å². The maximum atomic E-state index is 12.7. The molecule has 1 saturated carbocycles. The first-order valence-corrected chi connectivity index (χ1v) is 8.04. The van der Waals surface area contributed by atoms with Crippen molar-refractivity contribution in [3.63, 3.8) is 0 Å². The Labute approximate surface area is 125 Å². The van der Waals surface area contributed by atoms with Gasteiger partial charge in [0.05, 0.1) is 18.8 Å². The Hall–Kier alpha value is -1.30. The van der Waals surface area contributed by atoms with E-state index in [4.69, 9.17) is 9.84 Å². The summed E-state index contributed by atoms with van der Waals surface area (Å²) in [4.78, 5) is 27.4. The molecule has 3 rings (SSSR count). The van der Waals surface area contributed by atoms with E-state index in [1.54, 1.807) is 0 Å². The van der Waals surface area contributed by atoms with Crippen LogP contribution in [0, 0.1) is 5.92 Å². The fourth-order valence-electron chi connectivity index (χ4n) is 3.92. The molecular weight excluding hydrogens is 272 g/mol. The number of aliphatic carboxylic acids is 1. The van der Waals surface area contributed by atoms with Gasteiger partial charge in [-0.3, -0.25) is 4.79 Å². The number of rotatable bonds is 2. The second-order valence-electron chi connectivity index (χ2n) is 6.41. The molecular formula is C15H24N2O4. The number of fused-ring (bicyclic) bond motifs is 1. The van der Waals surface area contributed by atoms with E-state index in [0.717, 1.165) is 32.1 Å². The summed E-state index contributed by atoms with van der Waals surface area (Å²) >= 11 is 0. The van der Waals surface area contributed by atoms with Crippen LogP contribution in [0.5, 0.6) is 0 Å². The summed E-state index contributed by atoms with van der Waals surface area (Å²) in [6.07, 6.45) is 5.31. The third kappa shape index (κ3) is 3.15. The van der Waals surface area contributed by atoms with Crippen LogP contribution < -0.4 is 0 Å². The molecule has 0 radical (unpaired) electrons. The number of hydrogen-bond acceptors (Lipinski definition) is 3. The molecule has 118 valence electrons. The van der Waals surface area contributed by atoms with Crippen molar-refractivity contribution in [2.75, 3.05) is 26.2 Å². The molecule has 3 fully saturated rings. The third-order valence-electron chi connectivity index (χ3n) is 5.08. The van der Waals surface area contributed by atoms with E-state index < -0.39 is 5.97 Å². The number of ether oxygens (including phenoxy) is 1. The number of carbonyl (C=O) groups excluding carboxylic acids is 1. The van der Waals surface area contributed by atoms with Gasteiger partial charge in [0.25, 0.3) is 0 Å². The van der Waals surface area contributed by atoms with Crippen LogP contribution in [0.3, 0.4) is 0 Å². The minimum Gasteiger partial charge on any atom is -0.481 e. The average molecular weight is 296 g/mol. The first kappa shape index (κ1) is 14.6. The molecule has 21 heavy (non-hydrogen) atoms. The minimum absolute atomic E-state index is 0.129. The predicted octanol–water partition coefficient (Wildman–Crippen LogP) is 1.55. The Morgan fingerprint density at radius 1 is 1.10 bits per heavy atom. The van der Waals surface area contributed by atoms with E-state index in [2.05, 4.69) is 0 Å². The highest BCUT2D eigenvalue weighted by Crippen LogP contribution is 2.31. The molecule has 6 nitrogen and oxygen atoms in total. The Kier molecular flexibility index (Phi) is 4.33. The lowest BCUT2D eigenvalue weighted by molar-refractivity contribution is -0.138. The number of amides is 2. The topological polar surface area (TPSA) is 70.1 Å². The van der Waals surface area contributed by atoms with Crippen molar-refractivity contribution in [3.8, 4) is 0 Å². The number of hydrogen-bond donors (Lipinski definition) is 1. The maximum Gasteiger partial charge on any atom is 0.320 e. The number of likely N-dealkylation sites (tertiary alicyclic amines) is 1. The zero-order valence-electron chi connectivity index (χ0n) is 12.4.